The van der Waals surface area contributed by atoms with Crippen molar-refractivity contribution >= 4 is 43.0 Å². The average Bonchev–Trinajstić information content (AvgIpc) is 2.91. The summed E-state index contributed by atoms with van der Waals surface area (Å²) in [4.78, 5) is 12.7. The predicted molar refractivity (Wildman–Crippen MR) is 144 cm³/mol. The highest BCUT2D eigenvalue weighted by Gasteiger charge is 2.35. The van der Waals surface area contributed by atoms with Crippen molar-refractivity contribution in [2.75, 3.05) is 20.9 Å². The van der Waals surface area contributed by atoms with E-state index in [0.717, 1.165) is 28.6 Å². The summed E-state index contributed by atoms with van der Waals surface area (Å²) < 4.78 is 94.1. The van der Waals surface area contributed by atoms with Crippen LogP contribution in [0.15, 0.2) is 107 Å². The maximum atomic E-state index is 13.3. The smallest absolute Gasteiger partial charge is 0.325 e. The minimum atomic E-state index is -4.64. The van der Waals surface area contributed by atoms with Gasteiger partial charge in [-0.2, -0.15) is 13.2 Å². The second kappa shape index (κ2) is 9.99. The van der Waals surface area contributed by atoms with Gasteiger partial charge in [0.2, 0.25) is 5.91 Å². The summed E-state index contributed by atoms with van der Waals surface area (Å²) in [5.74, 6) is -0.671. The molecule has 4 aromatic carbocycles. The Balaban J connectivity index is 1.32. The van der Waals surface area contributed by atoms with Gasteiger partial charge in [-0.1, -0.05) is 42.5 Å². The van der Waals surface area contributed by atoms with E-state index in [1.54, 1.807) is 42.5 Å². The molecule has 2 N–H and O–H groups in total. The molecule has 0 atom stereocenters. The van der Waals surface area contributed by atoms with Crippen molar-refractivity contribution in [3.8, 4) is 11.1 Å². The highest BCUT2D eigenvalue weighted by molar-refractivity contribution is 7.93. The lowest BCUT2D eigenvalue weighted by molar-refractivity contribution is -0.137. The Morgan fingerprint density at radius 3 is 2.15 bits per heavy atom. The van der Waals surface area contributed by atoms with Crippen LogP contribution in [0.25, 0.3) is 11.1 Å². The van der Waals surface area contributed by atoms with Gasteiger partial charge in [0.15, 0.2) is 0 Å². The molecule has 1 aliphatic rings. The first-order valence-corrected chi connectivity index (χ1v) is 14.6. The molecule has 0 fully saturated rings. The molecule has 0 saturated heterocycles. The molecule has 0 bridgehead atoms. The highest BCUT2D eigenvalue weighted by Crippen LogP contribution is 2.42. The van der Waals surface area contributed by atoms with Gasteiger partial charge in [0, 0.05) is 22.5 Å². The first-order chi connectivity index (χ1) is 18.9. The zero-order chi connectivity index (χ0) is 28.7. The fraction of sp³-hybridized carbons (Fsp3) is 0.0741. The third-order valence-electron chi connectivity index (χ3n) is 6.10. The highest BCUT2D eigenvalue weighted by atomic mass is 32.2. The van der Waals surface area contributed by atoms with Gasteiger partial charge in [0.25, 0.3) is 20.0 Å². The van der Waals surface area contributed by atoms with Crippen LogP contribution in [0.4, 0.5) is 30.2 Å². The molecule has 0 unspecified atom stereocenters. The molecule has 1 amide bonds. The molecule has 13 heteroatoms. The van der Waals surface area contributed by atoms with E-state index in [1.807, 2.05) is 0 Å². The Bertz CT molecular complexity index is 1820. The number of amides is 1. The zero-order valence-electron chi connectivity index (χ0n) is 20.4. The first-order valence-electron chi connectivity index (χ1n) is 11.7. The van der Waals surface area contributed by atoms with Crippen LogP contribution in [0.1, 0.15) is 5.56 Å². The maximum absolute atomic E-state index is 13.3. The van der Waals surface area contributed by atoms with Crippen LogP contribution in [0, 0.1) is 0 Å². The van der Waals surface area contributed by atoms with Crippen molar-refractivity contribution < 1.29 is 34.8 Å². The fourth-order valence-corrected chi connectivity index (χ4v) is 6.97. The molecular weight excluding hydrogens is 567 g/mol. The Morgan fingerprint density at radius 1 is 0.800 bits per heavy atom. The van der Waals surface area contributed by atoms with E-state index < -0.39 is 44.2 Å². The SMILES string of the molecule is O=C(CN1c2ccccc2-c2ccccc2S1(=O)=O)Nc1ccc(S(=O)(=O)Nc2cccc(C(F)(F)F)c2)cc1. The van der Waals surface area contributed by atoms with E-state index in [2.05, 4.69) is 10.0 Å². The molecule has 0 saturated carbocycles. The standard InChI is InChI=1S/C27H20F3N3O5S2/c28-27(29,30)18-6-5-7-20(16-18)32-39(35,36)21-14-12-19(13-15-21)31-26(34)17-33-24-10-3-1-8-22(24)23-9-2-4-11-25(23)40(33,37)38/h1-16,32H,17H2,(H,31,34). The molecule has 0 radical (unpaired) electrons. The van der Waals surface area contributed by atoms with Crippen molar-refractivity contribution in [1.29, 1.82) is 0 Å². The van der Waals surface area contributed by atoms with Gasteiger partial charge < -0.3 is 5.32 Å². The summed E-state index contributed by atoms with van der Waals surface area (Å²) in [6.07, 6.45) is -4.64. The summed E-state index contributed by atoms with van der Waals surface area (Å²) in [7, 11) is -8.28. The molecule has 4 aromatic rings. The largest absolute Gasteiger partial charge is 0.416 e. The third-order valence-corrected chi connectivity index (χ3v) is 9.31. The molecule has 1 aliphatic heterocycles. The number of nitrogens with one attached hydrogen (secondary N) is 2. The van der Waals surface area contributed by atoms with E-state index >= 15 is 0 Å². The number of para-hydroxylation sites is 1. The Morgan fingerprint density at radius 2 is 1.45 bits per heavy atom. The number of anilines is 3. The topological polar surface area (TPSA) is 113 Å². The van der Waals surface area contributed by atoms with Crippen LogP contribution in [-0.4, -0.2) is 29.3 Å². The Labute approximate surface area is 228 Å². The van der Waals surface area contributed by atoms with Crippen molar-refractivity contribution in [1.82, 2.24) is 0 Å². The monoisotopic (exact) mass is 587 g/mol. The van der Waals surface area contributed by atoms with E-state index in [9.17, 15) is 34.8 Å². The zero-order valence-corrected chi connectivity index (χ0v) is 22.0. The average molecular weight is 588 g/mol. The van der Waals surface area contributed by atoms with Gasteiger partial charge in [0.05, 0.1) is 21.0 Å². The number of halogens is 3. The molecule has 8 nitrogen and oxygen atoms in total. The lowest BCUT2D eigenvalue weighted by atomic mass is 10.0. The van der Waals surface area contributed by atoms with Crippen molar-refractivity contribution in [3.63, 3.8) is 0 Å². The molecular formula is C27H20F3N3O5S2. The van der Waals surface area contributed by atoms with E-state index in [1.165, 1.54) is 24.3 Å². The quantitative estimate of drug-likeness (QED) is 0.317. The summed E-state index contributed by atoms with van der Waals surface area (Å²) in [5.41, 5.74) is 0.447. The third kappa shape index (κ3) is 5.25. The molecule has 0 aliphatic carbocycles. The second-order valence-corrected chi connectivity index (χ2v) is 12.3. The van der Waals surface area contributed by atoms with E-state index in [4.69, 9.17) is 0 Å². The van der Waals surface area contributed by atoms with E-state index in [0.29, 0.717) is 22.9 Å². The molecule has 5 rings (SSSR count). The number of fused-ring (bicyclic) bond motifs is 3. The van der Waals surface area contributed by atoms with Crippen molar-refractivity contribution in [2.45, 2.75) is 16.0 Å². The van der Waals surface area contributed by atoms with Crippen LogP contribution in [0.2, 0.25) is 0 Å². The van der Waals surface area contributed by atoms with Crippen LogP contribution < -0.4 is 14.3 Å². The number of alkyl halides is 3. The Hall–Kier alpha value is -4.36. The molecule has 1 heterocycles. The summed E-state index contributed by atoms with van der Waals surface area (Å²) in [5, 5.41) is 2.55. The maximum Gasteiger partial charge on any atom is 0.416 e. The molecule has 0 aromatic heterocycles. The van der Waals surface area contributed by atoms with Crippen LogP contribution in [0.5, 0.6) is 0 Å². The number of nitrogens with zero attached hydrogens (tertiary/aromatic N) is 1. The van der Waals surface area contributed by atoms with Crippen LogP contribution in [0.3, 0.4) is 0 Å². The van der Waals surface area contributed by atoms with Gasteiger partial charge in [-0.05, 0) is 54.6 Å². The molecule has 206 valence electrons. The van der Waals surface area contributed by atoms with Gasteiger partial charge in [-0.25, -0.2) is 16.8 Å². The number of hydrogen-bond acceptors (Lipinski definition) is 5. The number of sulfonamides is 2. The van der Waals surface area contributed by atoms with Gasteiger partial charge in [-0.3, -0.25) is 13.8 Å². The van der Waals surface area contributed by atoms with Crippen LogP contribution in [-0.2, 0) is 31.0 Å². The van der Waals surface area contributed by atoms with Crippen LogP contribution >= 0.6 is 0 Å². The summed E-state index contributed by atoms with van der Waals surface area (Å²) >= 11 is 0. The number of benzene rings is 4. The molecule has 40 heavy (non-hydrogen) atoms. The summed E-state index contributed by atoms with van der Waals surface area (Å²) in [6, 6.07) is 22.0. The fourth-order valence-electron chi connectivity index (χ4n) is 4.27. The minimum Gasteiger partial charge on any atom is -0.325 e. The lowest BCUT2D eigenvalue weighted by Crippen LogP contribution is -2.40. The predicted octanol–water partition coefficient (Wildman–Crippen LogP) is 5.32. The number of carbonyl (C=O) groups is 1. The van der Waals surface area contributed by atoms with Gasteiger partial charge in [0.1, 0.15) is 6.54 Å². The minimum absolute atomic E-state index is 0.0735. The van der Waals surface area contributed by atoms with Gasteiger partial charge in [-0.15, -0.1) is 0 Å². The second-order valence-electron chi connectivity index (χ2n) is 8.78. The number of hydrogen-bond donors (Lipinski definition) is 2. The van der Waals surface area contributed by atoms with Gasteiger partial charge >= 0.3 is 6.18 Å². The lowest BCUT2D eigenvalue weighted by Gasteiger charge is -2.31. The number of rotatable bonds is 6. The first kappa shape index (κ1) is 27.2. The summed E-state index contributed by atoms with van der Waals surface area (Å²) in [6.45, 7) is -0.537. The number of carbonyl (C=O) groups excluding carboxylic acids is 1. The normalized spacial score (nSPS) is 14.1. The van der Waals surface area contributed by atoms with Crippen molar-refractivity contribution in [3.05, 3.63) is 103 Å². The Kier molecular flexibility index (Phi) is 6.80. The van der Waals surface area contributed by atoms with E-state index in [-0.39, 0.29) is 21.2 Å². The molecule has 0 spiro atoms. The van der Waals surface area contributed by atoms with Crippen molar-refractivity contribution in [2.24, 2.45) is 0 Å².